The lowest BCUT2D eigenvalue weighted by atomic mass is 10.1. The molecular weight excluding hydrogens is 316 g/mol. The molecule has 0 saturated carbocycles. The Kier molecular flexibility index (Phi) is 7.70. The van der Waals surface area contributed by atoms with Crippen LogP contribution in [0.5, 0.6) is 11.5 Å². The first-order valence-electron chi connectivity index (χ1n) is 7.45. The van der Waals surface area contributed by atoms with Crippen molar-refractivity contribution in [2.75, 3.05) is 20.3 Å². The predicted molar refractivity (Wildman–Crippen MR) is 88.2 cm³/mol. The maximum atomic E-state index is 11.4. The average molecular weight is 338 g/mol. The molecule has 0 radical (unpaired) electrons. The van der Waals surface area contributed by atoms with Crippen molar-refractivity contribution < 1.29 is 24.3 Å². The van der Waals surface area contributed by atoms with E-state index in [4.69, 9.17) is 9.47 Å². The molecule has 24 heavy (non-hydrogen) atoms. The molecule has 1 atom stereocenters. The minimum absolute atomic E-state index is 0.124. The monoisotopic (exact) mass is 338 g/mol. The maximum absolute atomic E-state index is 11.4. The van der Waals surface area contributed by atoms with Crippen LogP contribution < -0.4 is 14.8 Å². The standard InChI is InChI=1S/C16H22N2O6/c1-4-7-17-16(20)6-5-8-24-15-10-13(18(21)22)12(11(2)19)9-14(15)23-3/h4,9-11,19H,1,5-8H2,2-3H3,(H,17,20)/t11-/m0/s1. The van der Waals surface area contributed by atoms with Gasteiger partial charge in [0.05, 0.1) is 36.4 Å². The highest BCUT2D eigenvalue weighted by molar-refractivity contribution is 5.75. The van der Waals surface area contributed by atoms with Crippen LogP contribution in [0.25, 0.3) is 0 Å². The number of nitro groups is 1. The molecule has 0 unspecified atom stereocenters. The molecule has 0 fully saturated rings. The first-order chi connectivity index (χ1) is 11.4. The molecular formula is C16H22N2O6. The Labute approximate surface area is 140 Å². The van der Waals surface area contributed by atoms with Gasteiger partial charge in [-0.1, -0.05) is 6.08 Å². The van der Waals surface area contributed by atoms with Gasteiger partial charge >= 0.3 is 0 Å². The van der Waals surface area contributed by atoms with Gasteiger partial charge in [0.25, 0.3) is 5.69 Å². The summed E-state index contributed by atoms with van der Waals surface area (Å²) in [6.07, 6.45) is 1.28. The maximum Gasteiger partial charge on any atom is 0.279 e. The van der Waals surface area contributed by atoms with Crippen LogP contribution >= 0.6 is 0 Å². The largest absolute Gasteiger partial charge is 0.493 e. The summed E-state index contributed by atoms with van der Waals surface area (Å²) < 4.78 is 10.7. The number of carbonyl (C=O) groups excluding carboxylic acids is 1. The van der Waals surface area contributed by atoms with Crippen LogP contribution in [0, 0.1) is 10.1 Å². The van der Waals surface area contributed by atoms with Crippen LogP contribution in [0.1, 0.15) is 31.4 Å². The van der Waals surface area contributed by atoms with Crippen molar-refractivity contribution >= 4 is 11.6 Å². The molecule has 0 aliphatic heterocycles. The van der Waals surface area contributed by atoms with E-state index in [1.807, 2.05) is 0 Å². The molecule has 1 amide bonds. The minimum Gasteiger partial charge on any atom is -0.493 e. The Balaban J connectivity index is 2.76. The molecule has 1 aromatic carbocycles. The third-order valence-electron chi connectivity index (χ3n) is 3.21. The van der Waals surface area contributed by atoms with Crippen LogP contribution in [0.15, 0.2) is 24.8 Å². The lowest BCUT2D eigenvalue weighted by molar-refractivity contribution is -0.386. The third kappa shape index (κ3) is 5.54. The number of rotatable bonds is 10. The molecule has 1 rings (SSSR count). The van der Waals surface area contributed by atoms with Crippen LogP contribution in [0.3, 0.4) is 0 Å². The van der Waals surface area contributed by atoms with Crippen molar-refractivity contribution in [2.45, 2.75) is 25.9 Å². The van der Waals surface area contributed by atoms with E-state index in [0.29, 0.717) is 13.0 Å². The zero-order valence-electron chi connectivity index (χ0n) is 13.8. The second kappa shape index (κ2) is 9.51. The number of ether oxygens (including phenoxy) is 2. The van der Waals surface area contributed by atoms with Crippen molar-refractivity contribution in [1.82, 2.24) is 5.32 Å². The summed E-state index contributed by atoms with van der Waals surface area (Å²) in [4.78, 5) is 22.0. The number of aliphatic hydroxyl groups is 1. The van der Waals surface area contributed by atoms with Gasteiger partial charge < -0.3 is 19.9 Å². The molecule has 0 spiro atoms. The van der Waals surface area contributed by atoms with E-state index in [-0.39, 0.29) is 41.7 Å². The zero-order valence-corrected chi connectivity index (χ0v) is 13.8. The molecule has 0 saturated heterocycles. The van der Waals surface area contributed by atoms with Gasteiger partial charge in [0.15, 0.2) is 11.5 Å². The Morgan fingerprint density at radius 3 is 2.75 bits per heavy atom. The lowest BCUT2D eigenvalue weighted by Crippen LogP contribution is -2.23. The highest BCUT2D eigenvalue weighted by Gasteiger charge is 2.22. The SMILES string of the molecule is C=CCNC(=O)CCCOc1cc([N+](=O)[O-])c([C@H](C)O)cc1OC. The van der Waals surface area contributed by atoms with Gasteiger partial charge in [0, 0.05) is 13.0 Å². The number of benzene rings is 1. The quantitative estimate of drug-likeness (QED) is 0.292. The highest BCUT2D eigenvalue weighted by Crippen LogP contribution is 2.37. The first-order valence-corrected chi connectivity index (χ1v) is 7.45. The Morgan fingerprint density at radius 1 is 1.50 bits per heavy atom. The first kappa shape index (κ1) is 19.4. The molecule has 2 N–H and O–H groups in total. The molecule has 0 bridgehead atoms. The van der Waals surface area contributed by atoms with E-state index >= 15 is 0 Å². The fourth-order valence-electron chi connectivity index (χ4n) is 2.02. The number of carbonyl (C=O) groups is 1. The fraction of sp³-hybridized carbons (Fsp3) is 0.438. The second-order valence-corrected chi connectivity index (χ2v) is 5.04. The molecule has 0 aromatic heterocycles. The lowest BCUT2D eigenvalue weighted by Gasteiger charge is -2.14. The van der Waals surface area contributed by atoms with Gasteiger partial charge in [-0.05, 0) is 19.4 Å². The average Bonchev–Trinajstić information content (AvgIpc) is 2.55. The Morgan fingerprint density at radius 2 is 2.21 bits per heavy atom. The number of nitrogens with one attached hydrogen (secondary N) is 1. The summed E-state index contributed by atoms with van der Waals surface area (Å²) >= 11 is 0. The summed E-state index contributed by atoms with van der Waals surface area (Å²) in [5.74, 6) is 0.355. The van der Waals surface area contributed by atoms with Crippen molar-refractivity contribution in [3.8, 4) is 11.5 Å². The van der Waals surface area contributed by atoms with Gasteiger partial charge in [0.2, 0.25) is 5.91 Å². The summed E-state index contributed by atoms with van der Waals surface area (Å²) in [5, 5.41) is 23.4. The van der Waals surface area contributed by atoms with Crippen LogP contribution in [-0.4, -0.2) is 36.2 Å². The number of aliphatic hydroxyl groups excluding tert-OH is 1. The van der Waals surface area contributed by atoms with Crippen molar-refractivity contribution in [2.24, 2.45) is 0 Å². The van der Waals surface area contributed by atoms with Crippen LogP contribution in [0.4, 0.5) is 5.69 Å². The molecule has 132 valence electrons. The molecule has 8 heteroatoms. The van der Waals surface area contributed by atoms with Crippen molar-refractivity contribution in [1.29, 1.82) is 0 Å². The number of amides is 1. The predicted octanol–water partition coefficient (Wildman–Crippen LogP) is 2.12. The number of hydrogen-bond acceptors (Lipinski definition) is 6. The van der Waals surface area contributed by atoms with E-state index in [0.717, 1.165) is 0 Å². The van der Waals surface area contributed by atoms with E-state index in [1.165, 1.54) is 26.2 Å². The summed E-state index contributed by atoms with van der Waals surface area (Å²) in [5.41, 5.74) is -0.0995. The topological polar surface area (TPSA) is 111 Å². The number of nitro benzene ring substituents is 1. The normalized spacial score (nSPS) is 11.5. The Bertz CT molecular complexity index is 600. The summed E-state index contributed by atoms with van der Waals surface area (Å²) in [7, 11) is 1.41. The Hall–Kier alpha value is -2.61. The van der Waals surface area contributed by atoms with Crippen LogP contribution in [-0.2, 0) is 4.79 Å². The third-order valence-corrected chi connectivity index (χ3v) is 3.21. The van der Waals surface area contributed by atoms with E-state index in [2.05, 4.69) is 11.9 Å². The minimum atomic E-state index is -1.01. The van der Waals surface area contributed by atoms with Crippen molar-refractivity contribution in [3.05, 3.63) is 40.5 Å². The summed E-state index contributed by atoms with van der Waals surface area (Å²) in [6.45, 7) is 5.54. The summed E-state index contributed by atoms with van der Waals surface area (Å²) in [6, 6.07) is 2.60. The van der Waals surface area contributed by atoms with Gasteiger partial charge in [-0.2, -0.15) is 0 Å². The molecule has 8 nitrogen and oxygen atoms in total. The smallest absolute Gasteiger partial charge is 0.279 e. The van der Waals surface area contributed by atoms with Crippen molar-refractivity contribution in [3.63, 3.8) is 0 Å². The number of methoxy groups -OCH3 is 1. The van der Waals surface area contributed by atoms with Crippen LogP contribution in [0.2, 0.25) is 0 Å². The second-order valence-electron chi connectivity index (χ2n) is 5.04. The van der Waals surface area contributed by atoms with Gasteiger partial charge in [-0.25, -0.2) is 0 Å². The zero-order chi connectivity index (χ0) is 18.1. The van der Waals surface area contributed by atoms with E-state index in [1.54, 1.807) is 6.08 Å². The van der Waals surface area contributed by atoms with Gasteiger partial charge in [-0.15, -0.1) is 6.58 Å². The molecule has 0 aliphatic rings. The molecule has 0 aliphatic carbocycles. The van der Waals surface area contributed by atoms with E-state index in [9.17, 15) is 20.0 Å². The number of hydrogen-bond donors (Lipinski definition) is 2. The number of nitrogens with zero attached hydrogens (tertiary/aromatic N) is 1. The van der Waals surface area contributed by atoms with Gasteiger partial charge in [0.1, 0.15) is 0 Å². The van der Waals surface area contributed by atoms with Gasteiger partial charge in [-0.3, -0.25) is 14.9 Å². The van der Waals surface area contributed by atoms with E-state index < -0.39 is 11.0 Å². The fourth-order valence-corrected chi connectivity index (χ4v) is 2.02. The molecule has 1 aromatic rings. The highest BCUT2D eigenvalue weighted by atomic mass is 16.6. The molecule has 0 heterocycles.